The number of carbonyl (C=O) groups is 1. The van der Waals surface area contributed by atoms with E-state index in [0.29, 0.717) is 26.2 Å². The van der Waals surface area contributed by atoms with Crippen LogP contribution in [0.25, 0.3) is 0 Å². The zero-order valence-corrected chi connectivity index (χ0v) is 14.1. The average molecular weight is 309 g/mol. The fourth-order valence-electron chi connectivity index (χ4n) is 2.75. The maximum atomic E-state index is 12.2. The lowest BCUT2D eigenvalue weighted by atomic mass is 10.0. The molecule has 2 heterocycles. The molecule has 0 radical (unpaired) electrons. The summed E-state index contributed by atoms with van der Waals surface area (Å²) in [4.78, 5) is 14.1. The molecule has 1 aliphatic heterocycles. The Hall–Kier alpha value is -1.56. The highest BCUT2D eigenvalue weighted by molar-refractivity contribution is 5.74. The van der Waals surface area contributed by atoms with Crippen molar-refractivity contribution in [1.29, 1.82) is 0 Å². The van der Waals surface area contributed by atoms with Gasteiger partial charge in [-0.15, -0.1) is 0 Å². The first-order chi connectivity index (χ1) is 10.4. The number of carbonyl (C=O) groups excluding carboxylic acids is 1. The van der Waals surface area contributed by atoms with Crippen LogP contribution in [0.15, 0.2) is 4.52 Å². The lowest BCUT2D eigenvalue weighted by Gasteiger charge is -2.39. The molecule has 6 heteroatoms. The average Bonchev–Trinajstić information content (AvgIpc) is 2.82. The van der Waals surface area contributed by atoms with Gasteiger partial charge in [0.15, 0.2) is 0 Å². The predicted octanol–water partition coefficient (Wildman–Crippen LogP) is 2.43. The first-order valence-corrected chi connectivity index (χ1v) is 8.03. The molecule has 22 heavy (non-hydrogen) atoms. The number of urea groups is 1. The Morgan fingerprint density at radius 1 is 1.45 bits per heavy atom. The van der Waals surface area contributed by atoms with E-state index < -0.39 is 0 Å². The van der Waals surface area contributed by atoms with Gasteiger partial charge in [0.05, 0.1) is 24.4 Å². The summed E-state index contributed by atoms with van der Waals surface area (Å²) in [7, 11) is 0. The van der Waals surface area contributed by atoms with Crippen LogP contribution in [-0.2, 0) is 11.2 Å². The smallest absolute Gasteiger partial charge is 0.317 e. The van der Waals surface area contributed by atoms with Crippen LogP contribution in [0.2, 0.25) is 0 Å². The van der Waals surface area contributed by atoms with Gasteiger partial charge in [-0.1, -0.05) is 12.1 Å². The number of ether oxygens (including phenoxy) is 1. The van der Waals surface area contributed by atoms with Gasteiger partial charge in [-0.3, -0.25) is 0 Å². The monoisotopic (exact) mass is 309 g/mol. The van der Waals surface area contributed by atoms with Crippen LogP contribution in [0.4, 0.5) is 4.79 Å². The van der Waals surface area contributed by atoms with E-state index in [1.54, 1.807) is 0 Å². The Labute approximate surface area is 132 Å². The molecule has 1 aliphatic rings. The molecular formula is C16H27N3O3. The summed E-state index contributed by atoms with van der Waals surface area (Å²) in [6.07, 6.45) is 2.66. The van der Waals surface area contributed by atoms with E-state index in [4.69, 9.17) is 9.26 Å². The Bertz CT molecular complexity index is 495. The first-order valence-electron chi connectivity index (χ1n) is 8.03. The summed E-state index contributed by atoms with van der Waals surface area (Å²) in [5.41, 5.74) is 1.88. The molecule has 1 saturated heterocycles. The minimum Gasteiger partial charge on any atom is -0.372 e. The molecule has 0 aliphatic carbocycles. The van der Waals surface area contributed by atoms with Crippen LogP contribution in [0.5, 0.6) is 0 Å². The number of morpholine rings is 1. The Morgan fingerprint density at radius 3 is 2.86 bits per heavy atom. The molecule has 0 aromatic carbocycles. The SMILES string of the molecule is CC[C@]1(C)CN(C(=O)NCCCc2c(C)noc2C)CCO1. The van der Waals surface area contributed by atoms with Crippen molar-refractivity contribution in [3.8, 4) is 0 Å². The molecule has 2 amide bonds. The molecule has 2 rings (SSSR count). The number of rotatable bonds is 5. The molecular weight excluding hydrogens is 282 g/mol. The summed E-state index contributed by atoms with van der Waals surface area (Å²) in [6.45, 7) is 10.6. The van der Waals surface area contributed by atoms with Crippen LogP contribution in [0, 0.1) is 13.8 Å². The topological polar surface area (TPSA) is 67.6 Å². The largest absolute Gasteiger partial charge is 0.372 e. The summed E-state index contributed by atoms with van der Waals surface area (Å²) >= 11 is 0. The van der Waals surface area contributed by atoms with Crippen molar-refractivity contribution >= 4 is 6.03 Å². The van der Waals surface area contributed by atoms with Crippen LogP contribution in [0.1, 0.15) is 43.7 Å². The minimum atomic E-state index is -0.216. The number of nitrogens with one attached hydrogen (secondary N) is 1. The number of nitrogens with zero attached hydrogens (tertiary/aromatic N) is 2. The van der Waals surface area contributed by atoms with Gasteiger partial charge in [0, 0.05) is 18.7 Å². The molecule has 1 atom stereocenters. The second-order valence-electron chi connectivity index (χ2n) is 6.21. The van der Waals surface area contributed by atoms with Crippen LogP contribution in [-0.4, -0.2) is 47.9 Å². The molecule has 0 spiro atoms. The van der Waals surface area contributed by atoms with Gasteiger partial charge in [-0.2, -0.15) is 0 Å². The van der Waals surface area contributed by atoms with E-state index in [2.05, 4.69) is 24.3 Å². The zero-order chi connectivity index (χ0) is 16.2. The summed E-state index contributed by atoms with van der Waals surface area (Å²) < 4.78 is 10.9. The van der Waals surface area contributed by atoms with Crippen molar-refractivity contribution in [2.24, 2.45) is 0 Å². The molecule has 0 unspecified atom stereocenters. The molecule has 0 bridgehead atoms. The van der Waals surface area contributed by atoms with E-state index in [-0.39, 0.29) is 11.6 Å². The maximum Gasteiger partial charge on any atom is 0.317 e. The van der Waals surface area contributed by atoms with E-state index in [1.807, 2.05) is 18.7 Å². The second kappa shape index (κ2) is 7.13. The minimum absolute atomic E-state index is 0.00161. The first kappa shape index (κ1) is 16.8. The van der Waals surface area contributed by atoms with Gasteiger partial charge < -0.3 is 19.5 Å². The highest BCUT2D eigenvalue weighted by atomic mass is 16.5. The van der Waals surface area contributed by atoms with Gasteiger partial charge >= 0.3 is 6.03 Å². The standard InChI is InChI=1S/C16H27N3O3/c1-5-16(4)11-19(9-10-21-16)15(20)17-8-6-7-14-12(2)18-22-13(14)3/h5-11H2,1-4H3,(H,17,20)/t16-/m1/s1. The summed E-state index contributed by atoms with van der Waals surface area (Å²) in [5.74, 6) is 0.871. The van der Waals surface area contributed by atoms with E-state index in [1.165, 1.54) is 0 Å². The third-order valence-electron chi connectivity index (χ3n) is 4.43. The quantitative estimate of drug-likeness (QED) is 0.848. The summed E-state index contributed by atoms with van der Waals surface area (Å²) in [6, 6.07) is 0.00161. The van der Waals surface area contributed by atoms with Gasteiger partial charge in [0.1, 0.15) is 5.76 Å². The second-order valence-corrected chi connectivity index (χ2v) is 6.21. The molecule has 1 fully saturated rings. The lowest BCUT2D eigenvalue weighted by Crippen LogP contribution is -2.54. The molecule has 0 saturated carbocycles. The molecule has 124 valence electrons. The molecule has 1 N–H and O–H groups in total. The highest BCUT2D eigenvalue weighted by Crippen LogP contribution is 2.21. The number of amides is 2. The highest BCUT2D eigenvalue weighted by Gasteiger charge is 2.32. The molecule has 1 aromatic rings. The molecule has 6 nitrogen and oxygen atoms in total. The number of aromatic nitrogens is 1. The number of hydrogen-bond donors (Lipinski definition) is 1. The van der Waals surface area contributed by atoms with Gasteiger partial charge in [-0.25, -0.2) is 4.79 Å². The van der Waals surface area contributed by atoms with E-state index in [9.17, 15) is 4.79 Å². The van der Waals surface area contributed by atoms with Crippen LogP contribution >= 0.6 is 0 Å². The Balaban J connectivity index is 1.74. The predicted molar refractivity (Wildman–Crippen MR) is 83.9 cm³/mol. The maximum absolute atomic E-state index is 12.2. The van der Waals surface area contributed by atoms with Gasteiger partial charge in [0.25, 0.3) is 0 Å². The molecule has 1 aromatic heterocycles. The van der Waals surface area contributed by atoms with Crippen molar-refractivity contribution in [3.63, 3.8) is 0 Å². The van der Waals surface area contributed by atoms with Gasteiger partial charge in [0.2, 0.25) is 0 Å². The normalized spacial score (nSPS) is 21.9. The third kappa shape index (κ3) is 4.00. The van der Waals surface area contributed by atoms with Crippen molar-refractivity contribution in [2.45, 2.75) is 52.6 Å². The van der Waals surface area contributed by atoms with Crippen molar-refractivity contribution < 1.29 is 14.1 Å². The van der Waals surface area contributed by atoms with Gasteiger partial charge in [-0.05, 0) is 40.0 Å². The van der Waals surface area contributed by atoms with E-state index in [0.717, 1.165) is 36.3 Å². The fourth-order valence-corrected chi connectivity index (χ4v) is 2.75. The Kier molecular flexibility index (Phi) is 5.45. The van der Waals surface area contributed by atoms with Crippen LogP contribution in [0.3, 0.4) is 0 Å². The third-order valence-corrected chi connectivity index (χ3v) is 4.43. The van der Waals surface area contributed by atoms with Crippen LogP contribution < -0.4 is 5.32 Å². The van der Waals surface area contributed by atoms with Crippen molar-refractivity contribution in [3.05, 3.63) is 17.0 Å². The fraction of sp³-hybridized carbons (Fsp3) is 0.750. The van der Waals surface area contributed by atoms with Crippen molar-refractivity contribution in [1.82, 2.24) is 15.4 Å². The number of hydrogen-bond acceptors (Lipinski definition) is 4. The lowest BCUT2D eigenvalue weighted by molar-refractivity contribution is -0.0872. The Morgan fingerprint density at radius 2 is 2.23 bits per heavy atom. The number of aryl methyl sites for hydroxylation is 2. The van der Waals surface area contributed by atoms with E-state index >= 15 is 0 Å². The van der Waals surface area contributed by atoms with Crippen molar-refractivity contribution in [2.75, 3.05) is 26.2 Å². The summed E-state index contributed by atoms with van der Waals surface area (Å²) in [5, 5.41) is 6.94. The zero-order valence-electron chi connectivity index (χ0n) is 14.1.